The van der Waals surface area contributed by atoms with E-state index in [-0.39, 0.29) is 24.1 Å². The van der Waals surface area contributed by atoms with Crippen molar-refractivity contribution >= 4 is 17.7 Å². The fourth-order valence-corrected chi connectivity index (χ4v) is 4.79. The third-order valence-corrected chi connectivity index (χ3v) is 6.79. The van der Waals surface area contributed by atoms with Gasteiger partial charge >= 0.3 is 0 Å². The lowest BCUT2D eigenvalue weighted by molar-refractivity contribution is -0.120. The van der Waals surface area contributed by atoms with E-state index in [9.17, 15) is 4.79 Å². The summed E-state index contributed by atoms with van der Waals surface area (Å²) >= 11 is 1.40. The Morgan fingerprint density at radius 1 is 1.18 bits per heavy atom. The molecule has 33 heavy (non-hydrogen) atoms. The molecule has 2 atom stereocenters. The van der Waals surface area contributed by atoms with E-state index in [1.165, 1.54) is 11.8 Å². The molecule has 0 spiro atoms. The summed E-state index contributed by atoms with van der Waals surface area (Å²) in [4.78, 5) is 12.7. The van der Waals surface area contributed by atoms with Crippen LogP contribution in [0.4, 0.5) is 0 Å². The highest BCUT2D eigenvalue weighted by Crippen LogP contribution is 2.34. The highest BCUT2D eigenvalue weighted by molar-refractivity contribution is 8.00. The Morgan fingerprint density at radius 2 is 2.03 bits per heavy atom. The average Bonchev–Trinajstić information content (AvgIpc) is 3.60. The molecule has 1 N–H and O–H groups in total. The van der Waals surface area contributed by atoms with Gasteiger partial charge in [0.2, 0.25) is 12.7 Å². The molecule has 0 aliphatic carbocycles. The van der Waals surface area contributed by atoms with Gasteiger partial charge in [-0.2, -0.15) is 0 Å². The number of thioether (sulfide) groups is 1. The van der Waals surface area contributed by atoms with Crippen molar-refractivity contribution in [3.05, 3.63) is 54.1 Å². The average molecular weight is 467 g/mol. The van der Waals surface area contributed by atoms with Crippen molar-refractivity contribution in [3.63, 3.8) is 0 Å². The minimum absolute atomic E-state index is 0.0330. The first kappa shape index (κ1) is 21.8. The van der Waals surface area contributed by atoms with Crippen molar-refractivity contribution in [2.45, 2.75) is 42.8 Å². The van der Waals surface area contributed by atoms with E-state index in [2.05, 4.69) is 15.5 Å². The van der Waals surface area contributed by atoms with E-state index >= 15 is 0 Å². The van der Waals surface area contributed by atoms with Crippen LogP contribution in [0.2, 0.25) is 0 Å². The van der Waals surface area contributed by atoms with Gasteiger partial charge in [0.1, 0.15) is 0 Å². The third-order valence-electron chi connectivity index (χ3n) is 5.71. The van der Waals surface area contributed by atoms with Gasteiger partial charge in [-0.1, -0.05) is 48.2 Å². The molecule has 172 valence electrons. The molecule has 9 heteroatoms. The monoisotopic (exact) mass is 466 g/mol. The number of fused-ring (bicyclic) bond motifs is 1. The van der Waals surface area contributed by atoms with Gasteiger partial charge in [-0.3, -0.25) is 9.36 Å². The van der Waals surface area contributed by atoms with Crippen molar-refractivity contribution in [2.75, 3.05) is 19.9 Å². The van der Waals surface area contributed by atoms with Crippen LogP contribution >= 0.6 is 11.8 Å². The summed E-state index contributed by atoms with van der Waals surface area (Å²) in [5.74, 6) is 2.20. The van der Waals surface area contributed by atoms with E-state index in [1.807, 2.05) is 60.0 Å². The van der Waals surface area contributed by atoms with Gasteiger partial charge in [0, 0.05) is 18.7 Å². The number of benzene rings is 2. The summed E-state index contributed by atoms with van der Waals surface area (Å²) in [6.45, 7) is 3.98. The van der Waals surface area contributed by atoms with Crippen LogP contribution in [-0.4, -0.2) is 52.0 Å². The maximum absolute atomic E-state index is 12.7. The molecular formula is C24H26N4O4S. The van der Waals surface area contributed by atoms with Gasteiger partial charge < -0.3 is 19.5 Å². The molecule has 0 radical (unpaired) electrons. The number of rotatable bonds is 8. The Morgan fingerprint density at radius 3 is 2.85 bits per heavy atom. The predicted octanol–water partition coefficient (Wildman–Crippen LogP) is 3.50. The molecule has 0 unspecified atom stereocenters. The first-order valence-electron chi connectivity index (χ1n) is 11.1. The van der Waals surface area contributed by atoms with Gasteiger partial charge in [-0.05, 0) is 37.5 Å². The van der Waals surface area contributed by atoms with Crippen LogP contribution in [0.3, 0.4) is 0 Å². The molecular weight excluding hydrogens is 440 g/mol. The molecule has 5 rings (SSSR count). The predicted molar refractivity (Wildman–Crippen MR) is 124 cm³/mol. The molecule has 3 heterocycles. The molecule has 1 amide bonds. The van der Waals surface area contributed by atoms with Crippen molar-refractivity contribution in [1.82, 2.24) is 20.1 Å². The van der Waals surface area contributed by atoms with E-state index in [1.54, 1.807) is 0 Å². The first-order valence-corrected chi connectivity index (χ1v) is 12.0. The number of hydrogen-bond acceptors (Lipinski definition) is 7. The Hall–Kier alpha value is -3.04. The van der Waals surface area contributed by atoms with Crippen LogP contribution < -0.4 is 14.8 Å². The Kier molecular flexibility index (Phi) is 6.50. The van der Waals surface area contributed by atoms with Crippen molar-refractivity contribution < 1.29 is 19.0 Å². The topological polar surface area (TPSA) is 87.5 Å². The number of carbonyl (C=O) groups excluding carboxylic acids is 1. The summed E-state index contributed by atoms with van der Waals surface area (Å²) in [6.07, 6.45) is 2.16. The van der Waals surface area contributed by atoms with E-state index in [4.69, 9.17) is 14.2 Å². The largest absolute Gasteiger partial charge is 0.454 e. The molecule has 1 fully saturated rings. The van der Waals surface area contributed by atoms with Gasteiger partial charge in [-0.15, -0.1) is 10.2 Å². The molecule has 1 aromatic heterocycles. The fourth-order valence-electron chi connectivity index (χ4n) is 3.92. The Labute approximate surface area is 196 Å². The maximum Gasteiger partial charge on any atom is 0.233 e. The zero-order valence-corrected chi connectivity index (χ0v) is 19.2. The van der Waals surface area contributed by atoms with Crippen molar-refractivity contribution in [2.24, 2.45) is 0 Å². The lowest BCUT2D eigenvalue weighted by Crippen LogP contribution is -2.36. The molecule has 0 saturated carbocycles. The summed E-state index contributed by atoms with van der Waals surface area (Å²) in [6, 6.07) is 15.8. The minimum Gasteiger partial charge on any atom is -0.454 e. The number of ether oxygens (including phenoxy) is 3. The van der Waals surface area contributed by atoms with Crippen molar-refractivity contribution in [1.29, 1.82) is 0 Å². The zero-order valence-electron chi connectivity index (χ0n) is 18.4. The maximum atomic E-state index is 12.7. The fraction of sp³-hybridized carbons (Fsp3) is 0.375. The number of amides is 1. The third kappa shape index (κ3) is 4.99. The molecule has 2 aliphatic heterocycles. The standard InChI is InChI=1S/C24H26N4O4S/c1-16(23(29)25-13-19-8-5-11-30-19)33-24-27-26-22(18-6-3-2-4-7-18)28(24)14-17-9-10-20-21(12-17)32-15-31-20/h2-4,6-7,9-10,12,16,19H,5,8,11,13-15H2,1H3,(H,25,29)/t16-,19-/m0/s1. The van der Waals surface area contributed by atoms with Crippen LogP contribution in [0.5, 0.6) is 11.5 Å². The quantitative estimate of drug-likeness (QED) is 0.509. The number of hydrogen-bond donors (Lipinski definition) is 1. The number of nitrogens with zero attached hydrogens (tertiary/aromatic N) is 3. The minimum atomic E-state index is -0.324. The van der Waals surface area contributed by atoms with Crippen LogP contribution in [-0.2, 0) is 16.1 Å². The van der Waals surface area contributed by atoms with Crippen LogP contribution in [0, 0.1) is 0 Å². The summed E-state index contributed by atoms with van der Waals surface area (Å²) in [5, 5.41) is 12.3. The lowest BCUT2D eigenvalue weighted by Gasteiger charge is -2.16. The second-order valence-electron chi connectivity index (χ2n) is 8.09. The SMILES string of the molecule is C[C@H](Sc1nnc(-c2ccccc2)n1Cc1ccc2c(c1)OCO2)C(=O)NC[C@@H]1CCCO1. The normalized spacial score (nSPS) is 17.8. The van der Waals surface area contributed by atoms with E-state index < -0.39 is 0 Å². The van der Waals surface area contributed by atoms with Gasteiger partial charge in [0.05, 0.1) is 17.9 Å². The van der Waals surface area contributed by atoms with Gasteiger partial charge in [-0.25, -0.2) is 0 Å². The molecule has 3 aromatic rings. The summed E-state index contributed by atoms with van der Waals surface area (Å²) in [5.41, 5.74) is 2.00. The van der Waals surface area contributed by atoms with E-state index in [0.717, 1.165) is 47.9 Å². The molecule has 2 aliphatic rings. The van der Waals surface area contributed by atoms with Gasteiger partial charge in [0.15, 0.2) is 22.5 Å². The molecule has 2 aromatic carbocycles. The van der Waals surface area contributed by atoms with Crippen LogP contribution in [0.1, 0.15) is 25.3 Å². The number of carbonyl (C=O) groups is 1. The highest BCUT2D eigenvalue weighted by Gasteiger charge is 2.23. The lowest BCUT2D eigenvalue weighted by atomic mass is 10.2. The van der Waals surface area contributed by atoms with Crippen molar-refractivity contribution in [3.8, 4) is 22.9 Å². The van der Waals surface area contributed by atoms with E-state index in [0.29, 0.717) is 18.2 Å². The second kappa shape index (κ2) is 9.84. The second-order valence-corrected chi connectivity index (χ2v) is 9.39. The van der Waals surface area contributed by atoms with Crippen LogP contribution in [0.25, 0.3) is 11.4 Å². The Bertz CT molecular complexity index is 1110. The number of nitrogens with one attached hydrogen (secondary N) is 1. The molecule has 1 saturated heterocycles. The molecule has 8 nitrogen and oxygen atoms in total. The highest BCUT2D eigenvalue weighted by atomic mass is 32.2. The number of aromatic nitrogens is 3. The summed E-state index contributed by atoms with van der Waals surface area (Å²) < 4.78 is 18.6. The van der Waals surface area contributed by atoms with Crippen LogP contribution in [0.15, 0.2) is 53.7 Å². The smallest absolute Gasteiger partial charge is 0.233 e. The summed E-state index contributed by atoms with van der Waals surface area (Å²) in [7, 11) is 0. The van der Waals surface area contributed by atoms with Gasteiger partial charge in [0.25, 0.3) is 0 Å². The molecule has 0 bridgehead atoms. The Balaban J connectivity index is 1.36. The zero-order chi connectivity index (χ0) is 22.6. The first-order chi connectivity index (χ1) is 16.2.